The molecule has 3 rings (SSSR count). The molecule has 0 aliphatic heterocycles. The zero-order valence-electron chi connectivity index (χ0n) is 10.2. The minimum atomic E-state index is 0.389. The number of nitrogens with two attached hydrogens (primary N) is 1. The number of rotatable bonds is 3. The summed E-state index contributed by atoms with van der Waals surface area (Å²) in [6.07, 6.45) is 2.54. The van der Waals surface area contributed by atoms with Crippen LogP contribution >= 0.6 is 11.6 Å². The highest BCUT2D eigenvalue weighted by atomic mass is 35.5. The zero-order valence-corrected chi connectivity index (χ0v) is 10.9. The van der Waals surface area contributed by atoms with Crippen LogP contribution < -0.4 is 5.73 Å². The van der Waals surface area contributed by atoms with E-state index in [1.807, 2.05) is 24.3 Å². The van der Waals surface area contributed by atoms with Gasteiger partial charge in [-0.2, -0.15) is 0 Å². The summed E-state index contributed by atoms with van der Waals surface area (Å²) in [5, 5.41) is 4.86. The average Bonchev–Trinajstić information content (AvgIpc) is 3.14. The molecule has 1 aliphatic carbocycles. The summed E-state index contributed by atoms with van der Waals surface area (Å²) < 4.78 is 5.17. The van der Waals surface area contributed by atoms with Crippen molar-refractivity contribution in [3.63, 3.8) is 0 Å². The smallest absolute Gasteiger partial charge is 0.230 e. The van der Waals surface area contributed by atoms with E-state index in [2.05, 4.69) is 12.1 Å². The highest BCUT2D eigenvalue weighted by molar-refractivity contribution is 6.30. The molecule has 0 amide bonds. The molecule has 1 atom stereocenters. The summed E-state index contributed by atoms with van der Waals surface area (Å²) in [6, 6.07) is 7.62. The van der Waals surface area contributed by atoms with Crippen LogP contribution in [0.15, 0.2) is 28.8 Å². The lowest BCUT2D eigenvalue weighted by Crippen LogP contribution is -1.99. The third-order valence-electron chi connectivity index (χ3n) is 3.64. The number of hydrogen-bond donors (Lipinski definition) is 1. The summed E-state index contributed by atoms with van der Waals surface area (Å²) in [5.41, 5.74) is 8.81. The van der Waals surface area contributed by atoms with E-state index in [0.717, 1.165) is 22.7 Å². The number of halogens is 1. The van der Waals surface area contributed by atoms with Crippen LogP contribution in [-0.2, 0) is 0 Å². The molecule has 1 saturated carbocycles. The van der Waals surface area contributed by atoms with Crippen molar-refractivity contribution in [3.8, 4) is 11.1 Å². The van der Waals surface area contributed by atoms with Crippen molar-refractivity contribution in [2.24, 2.45) is 5.92 Å². The molecule has 2 aromatic rings. The largest absolute Gasteiger partial charge is 0.367 e. The first-order chi connectivity index (χ1) is 8.66. The highest BCUT2D eigenvalue weighted by Gasteiger charge is 2.33. The maximum atomic E-state index is 5.91. The Morgan fingerprint density at radius 1 is 1.33 bits per heavy atom. The second kappa shape index (κ2) is 4.32. The molecular weight excluding hydrogens is 248 g/mol. The maximum absolute atomic E-state index is 5.91. The van der Waals surface area contributed by atoms with Gasteiger partial charge < -0.3 is 10.3 Å². The van der Waals surface area contributed by atoms with Crippen LogP contribution in [0.4, 0.5) is 5.88 Å². The number of aromatic nitrogens is 1. The van der Waals surface area contributed by atoms with Gasteiger partial charge >= 0.3 is 0 Å². The Morgan fingerprint density at radius 2 is 2.00 bits per heavy atom. The highest BCUT2D eigenvalue weighted by Crippen LogP contribution is 2.45. The van der Waals surface area contributed by atoms with Crippen molar-refractivity contribution in [2.75, 3.05) is 5.73 Å². The molecule has 0 spiro atoms. The fourth-order valence-electron chi connectivity index (χ4n) is 2.35. The molecule has 0 saturated heterocycles. The van der Waals surface area contributed by atoms with Crippen LogP contribution in [0.5, 0.6) is 0 Å². The lowest BCUT2D eigenvalue weighted by atomic mass is 9.95. The van der Waals surface area contributed by atoms with Crippen molar-refractivity contribution in [3.05, 3.63) is 35.0 Å². The minimum Gasteiger partial charge on any atom is -0.367 e. The van der Waals surface area contributed by atoms with Gasteiger partial charge in [0.2, 0.25) is 5.88 Å². The molecule has 0 bridgehead atoms. The van der Waals surface area contributed by atoms with Crippen LogP contribution in [-0.4, -0.2) is 5.16 Å². The molecule has 1 aliphatic rings. The fraction of sp³-hybridized carbons (Fsp3) is 0.357. The topological polar surface area (TPSA) is 52.0 Å². The molecule has 0 radical (unpaired) electrons. The Morgan fingerprint density at radius 3 is 2.61 bits per heavy atom. The zero-order chi connectivity index (χ0) is 12.7. The lowest BCUT2D eigenvalue weighted by molar-refractivity contribution is 0.417. The Balaban J connectivity index is 2.04. The summed E-state index contributed by atoms with van der Waals surface area (Å²) in [6.45, 7) is 2.19. The van der Waals surface area contributed by atoms with E-state index in [1.54, 1.807) is 0 Å². The van der Waals surface area contributed by atoms with Crippen LogP contribution in [0.25, 0.3) is 11.1 Å². The van der Waals surface area contributed by atoms with Crippen LogP contribution in [0.3, 0.4) is 0 Å². The average molecular weight is 263 g/mol. The molecule has 94 valence electrons. The molecule has 1 heterocycles. The number of benzene rings is 1. The monoisotopic (exact) mass is 262 g/mol. The number of nitrogens with zero attached hydrogens (tertiary/aromatic N) is 1. The first-order valence-electron chi connectivity index (χ1n) is 6.18. The van der Waals surface area contributed by atoms with Crippen molar-refractivity contribution >= 4 is 17.5 Å². The van der Waals surface area contributed by atoms with Gasteiger partial charge in [-0.3, -0.25) is 0 Å². The predicted octanol–water partition coefficient (Wildman–Crippen LogP) is 4.09. The maximum Gasteiger partial charge on any atom is 0.230 e. The molecule has 3 nitrogen and oxygen atoms in total. The van der Waals surface area contributed by atoms with Gasteiger partial charge in [-0.15, -0.1) is 0 Å². The van der Waals surface area contributed by atoms with Crippen LogP contribution in [0.2, 0.25) is 5.02 Å². The Bertz CT molecular complexity index is 558. The van der Waals surface area contributed by atoms with Gasteiger partial charge in [0.15, 0.2) is 0 Å². The number of nitrogen functional groups attached to an aromatic ring is 1. The number of anilines is 1. The Labute approximate surface area is 111 Å². The molecule has 2 N–H and O–H groups in total. The van der Waals surface area contributed by atoms with Crippen molar-refractivity contribution in [2.45, 2.75) is 25.7 Å². The summed E-state index contributed by atoms with van der Waals surface area (Å²) in [5.74, 6) is 1.51. The lowest BCUT2D eigenvalue weighted by Gasteiger charge is -2.09. The Kier molecular flexibility index (Phi) is 2.78. The summed E-state index contributed by atoms with van der Waals surface area (Å²) >= 11 is 5.91. The van der Waals surface area contributed by atoms with Gasteiger partial charge in [-0.05, 0) is 36.5 Å². The first kappa shape index (κ1) is 11.6. The molecular formula is C14H15ClN2O. The summed E-state index contributed by atoms with van der Waals surface area (Å²) in [7, 11) is 0. The molecule has 4 heteroatoms. The number of hydrogen-bond acceptors (Lipinski definition) is 3. The first-order valence-corrected chi connectivity index (χ1v) is 6.55. The van der Waals surface area contributed by atoms with E-state index in [0.29, 0.717) is 16.8 Å². The SMILES string of the molecule is CC(c1noc(N)c1-c1ccc(Cl)cc1)C1CC1. The normalized spacial score (nSPS) is 16.8. The molecule has 1 aromatic carbocycles. The van der Waals surface area contributed by atoms with Crippen LogP contribution in [0.1, 0.15) is 31.4 Å². The van der Waals surface area contributed by atoms with E-state index in [1.165, 1.54) is 12.8 Å². The third-order valence-corrected chi connectivity index (χ3v) is 3.89. The van der Waals surface area contributed by atoms with Crippen molar-refractivity contribution in [1.82, 2.24) is 5.16 Å². The van der Waals surface area contributed by atoms with Gasteiger partial charge in [0.25, 0.3) is 0 Å². The van der Waals surface area contributed by atoms with Gasteiger partial charge in [-0.25, -0.2) is 0 Å². The van der Waals surface area contributed by atoms with E-state index in [4.69, 9.17) is 21.9 Å². The van der Waals surface area contributed by atoms with E-state index in [-0.39, 0.29) is 0 Å². The fourth-order valence-corrected chi connectivity index (χ4v) is 2.48. The molecule has 1 aromatic heterocycles. The van der Waals surface area contributed by atoms with Gasteiger partial charge in [0, 0.05) is 10.9 Å². The van der Waals surface area contributed by atoms with Crippen LogP contribution in [0, 0.1) is 5.92 Å². The second-order valence-electron chi connectivity index (χ2n) is 4.94. The minimum absolute atomic E-state index is 0.389. The van der Waals surface area contributed by atoms with E-state index < -0.39 is 0 Å². The molecule has 1 fully saturated rings. The Hall–Kier alpha value is -1.48. The van der Waals surface area contributed by atoms with Crippen molar-refractivity contribution in [1.29, 1.82) is 0 Å². The van der Waals surface area contributed by atoms with Gasteiger partial charge in [0.05, 0.1) is 11.3 Å². The standard InChI is InChI=1S/C14H15ClN2O/c1-8(9-2-3-9)13-12(14(16)18-17-13)10-4-6-11(15)7-5-10/h4-9H,2-3,16H2,1H3. The quantitative estimate of drug-likeness (QED) is 0.906. The van der Waals surface area contributed by atoms with Gasteiger partial charge in [0.1, 0.15) is 0 Å². The van der Waals surface area contributed by atoms with E-state index >= 15 is 0 Å². The molecule has 18 heavy (non-hydrogen) atoms. The summed E-state index contributed by atoms with van der Waals surface area (Å²) in [4.78, 5) is 0. The second-order valence-corrected chi connectivity index (χ2v) is 5.38. The predicted molar refractivity (Wildman–Crippen MR) is 72.5 cm³/mol. The van der Waals surface area contributed by atoms with Crippen molar-refractivity contribution < 1.29 is 4.52 Å². The van der Waals surface area contributed by atoms with E-state index in [9.17, 15) is 0 Å². The molecule has 1 unspecified atom stereocenters. The third kappa shape index (κ3) is 1.99. The van der Waals surface area contributed by atoms with Gasteiger partial charge in [-0.1, -0.05) is 35.8 Å².